The number of nitriles is 1. The normalized spacial score (nSPS) is 21.6. The van der Waals surface area contributed by atoms with Gasteiger partial charge in [-0.05, 0) is 27.7 Å². The van der Waals surface area contributed by atoms with Crippen LogP contribution in [0.15, 0.2) is 0 Å². The van der Waals surface area contributed by atoms with Gasteiger partial charge in [0.05, 0.1) is 6.04 Å². The van der Waals surface area contributed by atoms with Gasteiger partial charge in [0.2, 0.25) is 0 Å². The molecule has 0 saturated carbocycles. The van der Waals surface area contributed by atoms with Crippen LogP contribution in [0.3, 0.4) is 0 Å². The van der Waals surface area contributed by atoms with Crippen molar-refractivity contribution in [2.75, 3.05) is 19.6 Å². The van der Waals surface area contributed by atoms with E-state index in [-0.39, 0.29) is 12.1 Å². The molecule has 1 saturated heterocycles. The smallest absolute Gasteiger partial charge is 0.410 e. The molecule has 1 rings (SSSR count). The van der Waals surface area contributed by atoms with Gasteiger partial charge >= 0.3 is 6.09 Å². The molecule has 0 spiro atoms. The van der Waals surface area contributed by atoms with Gasteiger partial charge in [-0.2, -0.15) is 5.26 Å². The number of piperazine rings is 1. The van der Waals surface area contributed by atoms with Crippen molar-refractivity contribution >= 4 is 6.09 Å². The molecule has 90 valence electrons. The number of rotatable bonds is 0. The third-order valence-electron chi connectivity index (χ3n) is 2.40. The van der Waals surface area contributed by atoms with Gasteiger partial charge < -0.3 is 14.5 Å². The van der Waals surface area contributed by atoms with E-state index in [0.717, 1.165) is 0 Å². The van der Waals surface area contributed by atoms with Crippen LogP contribution in [0, 0.1) is 11.5 Å². The topological polar surface area (TPSA) is 56.6 Å². The Bertz CT molecular complexity index is 303. The average molecular weight is 225 g/mol. The van der Waals surface area contributed by atoms with E-state index in [1.807, 2.05) is 27.7 Å². The van der Waals surface area contributed by atoms with E-state index in [9.17, 15) is 4.79 Å². The molecule has 0 aromatic rings. The summed E-state index contributed by atoms with van der Waals surface area (Å²) in [5, 5.41) is 8.76. The first-order valence-electron chi connectivity index (χ1n) is 5.48. The second-order valence-corrected chi connectivity index (χ2v) is 5.07. The average Bonchev–Trinajstić information content (AvgIpc) is 2.14. The van der Waals surface area contributed by atoms with Crippen molar-refractivity contribution in [1.29, 1.82) is 5.26 Å². The zero-order valence-corrected chi connectivity index (χ0v) is 10.4. The Hall–Kier alpha value is -1.44. The number of carbonyl (C=O) groups excluding carboxylic acids is 1. The molecule has 1 fully saturated rings. The number of hydrogen-bond acceptors (Lipinski definition) is 4. The zero-order valence-electron chi connectivity index (χ0n) is 10.4. The highest BCUT2D eigenvalue weighted by atomic mass is 16.6. The van der Waals surface area contributed by atoms with Crippen molar-refractivity contribution in [3.8, 4) is 6.19 Å². The third-order valence-corrected chi connectivity index (χ3v) is 2.40. The molecule has 0 unspecified atom stereocenters. The van der Waals surface area contributed by atoms with Crippen molar-refractivity contribution in [2.24, 2.45) is 0 Å². The Labute approximate surface area is 96.6 Å². The molecule has 0 aromatic carbocycles. The zero-order chi connectivity index (χ0) is 12.3. The van der Waals surface area contributed by atoms with Crippen LogP contribution >= 0.6 is 0 Å². The molecule has 0 radical (unpaired) electrons. The molecule has 0 aromatic heterocycles. The fraction of sp³-hybridized carbons (Fsp3) is 0.818. The lowest BCUT2D eigenvalue weighted by molar-refractivity contribution is 0.00678. The van der Waals surface area contributed by atoms with Crippen LogP contribution in [-0.4, -0.2) is 47.2 Å². The number of hydrogen-bond donors (Lipinski definition) is 0. The molecule has 16 heavy (non-hydrogen) atoms. The molecule has 1 atom stereocenters. The molecule has 0 bridgehead atoms. The van der Waals surface area contributed by atoms with Crippen LogP contribution in [0.1, 0.15) is 27.7 Å². The third kappa shape index (κ3) is 3.30. The molecular formula is C11H19N3O2. The van der Waals surface area contributed by atoms with Crippen molar-refractivity contribution < 1.29 is 9.53 Å². The highest BCUT2D eigenvalue weighted by Crippen LogP contribution is 2.14. The Morgan fingerprint density at radius 2 is 2.06 bits per heavy atom. The summed E-state index contributed by atoms with van der Waals surface area (Å²) in [5.74, 6) is 0. The predicted molar refractivity (Wildman–Crippen MR) is 59.6 cm³/mol. The highest BCUT2D eigenvalue weighted by Gasteiger charge is 2.30. The van der Waals surface area contributed by atoms with Gasteiger partial charge in [0.15, 0.2) is 6.19 Å². The minimum absolute atomic E-state index is 0.0169. The first kappa shape index (κ1) is 12.6. The van der Waals surface area contributed by atoms with Crippen molar-refractivity contribution in [3.05, 3.63) is 0 Å². The number of nitrogens with zero attached hydrogens (tertiary/aromatic N) is 3. The minimum atomic E-state index is -0.469. The SMILES string of the molecule is C[C@@H]1CN(C#N)CCN1C(=O)OC(C)(C)C. The van der Waals surface area contributed by atoms with Gasteiger partial charge in [-0.25, -0.2) is 4.79 Å². The summed E-state index contributed by atoms with van der Waals surface area (Å²) in [5.41, 5.74) is -0.469. The second kappa shape index (κ2) is 4.60. The van der Waals surface area contributed by atoms with Gasteiger partial charge in [0.1, 0.15) is 5.60 Å². The summed E-state index contributed by atoms with van der Waals surface area (Å²) >= 11 is 0. The Morgan fingerprint density at radius 1 is 1.44 bits per heavy atom. The van der Waals surface area contributed by atoms with Crippen molar-refractivity contribution in [1.82, 2.24) is 9.80 Å². The van der Waals surface area contributed by atoms with Crippen LogP contribution in [0.4, 0.5) is 4.79 Å². The summed E-state index contributed by atoms with van der Waals surface area (Å²) in [7, 11) is 0. The second-order valence-electron chi connectivity index (χ2n) is 5.07. The van der Waals surface area contributed by atoms with Gasteiger partial charge in [0.25, 0.3) is 0 Å². The summed E-state index contributed by atoms with van der Waals surface area (Å²) in [6.07, 6.45) is 1.80. The molecule has 1 heterocycles. The molecular weight excluding hydrogens is 206 g/mol. The van der Waals surface area contributed by atoms with E-state index in [2.05, 4.69) is 6.19 Å². The first-order chi connectivity index (χ1) is 7.33. The Balaban J connectivity index is 2.56. The van der Waals surface area contributed by atoms with E-state index in [1.54, 1.807) is 9.80 Å². The summed E-state index contributed by atoms with van der Waals surface area (Å²) in [6.45, 7) is 9.18. The lowest BCUT2D eigenvalue weighted by atomic mass is 10.2. The maximum atomic E-state index is 11.8. The fourth-order valence-corrected chi connectivity index (χ4v) is 1.64. The molecule has 5 heteroatoms. The molecule has 5 nitrogen and oxygen atoms in total. The van der Waals surface area contributed by atoms with Crippen molar-refractivity contribution in [2.45, 2.75) is 39.3 Å². The Morgan fingerprint density at radius 3 is 2.50 bits per heavy atom. The van der Waals surface area contributed by atoms with Gasteiger partial charge in [0, 0.05) is 19.6 Å². The van der Waals surface area contributed by atoms with Crippen LogP contribution in [0.5, 0.6) is 0 Å². The first-order valence-corrected chi connectivity index (χ1v) is 5.48. The minimum Gasteiger partial charge on any atom is -0.444 e. The largest absolute Gasteiger partial charge is 0.444 e. The van der Waals surface area contributed by atoms with Crippen LogP contribution in [0.25, 0.3) is 0 Å². The number of carbonyl (C=O) groups is 1. The van der Waals surface area contributed by atoms with E-state index >= 15 is 0 Å². The van der Waals surface area contributed by atoms with E-state index in [4.69, 9.17) is 10.00 Å². The summed E-state index contributed by atoms with van der Waals surface area (Å²) in [6, 6.07) is 0.0169. The molecule has 1 amide bonds. The number of ether oxygens (including phenoxy) is 1. The molecule has 1 aliphatic heterocycles. The van der Waals surface area contributed by atoms with Crippen LogP contribution in [0.2, 0.25) is 0 Å². The maximum Gasteiger partial charge on any atom is 0.410 e. The van der Waals surface area contributed by atoms with Crippen LogP contribution < -0.4 is 0 Å². The van der Waals surface area contributed by atoms with E-state index < -0.39 is 5.60 Å². The quantitative estimate of drug-likeness (QED) is 0.585. The van der Waals surface area contributed by atoms with Crippen LogP contribution in [-0.2, 0) is 4.74 Å². The number of amides is 1. The standard InChI is InChI=1S/C11H19N3O2/c1-9-7-13(8-12)5-6-14(9)10(15)16-11(2,3)4/h9H,5-7H2,1-4H3/t9-/m1/s1. The summed E-state index contributed by atoms with van der Waals surface area (Å²) in [4.78, 5) is 15.2. The molecule has 0 N–H and O–H groups in total. The summed E-state index contributed by atoms with van der Waals surface area (Å²) < 4.78 is 5.30. The van der Waals surface area contributed by atoms with Gasteiger partial charge in [-0.15, -0.1) is 0 Å². The lowest BCUT2D eigenvalue weighted by Crippen LogP contribution is -2.53. The van der Waals surface area contributed by atoms with Gasteiger partial charge in [-0.1, -0.05) is 0 Å². The maximum absolute atomic E-state index is 11.8. The Kier molecular flexibility index (Phi) is 3.63. The van der Waals surface area contributed by atoms with E-state index in [0.29, 0.717) is 19.6 Å². The lowest BCUT2D eigenvalue weighted by Gasteiger charge is -2.38. The molecule has 1 aliphatic rings. The van der Waals surface area contributed by atoms with E-state index in [1.165, 1.54) is 0 Å². The predicted octanol–water partition coefficient (Wildman–Crippen LogP) is 1.41. The van der Waals surface area contributed by atoms with Crippen molar-refractivity contribution in [3.63, 3.8) is 0 Å². The van der Waals surface area contributed by atoms with Gasteiger partial charge in [-0.3, -0.25) is 0 Å². The fourth-order valence-electron chi connectivity index (χ4n) is 1.64. The molecule has 0 aliphatic carbocycles. The monoisotopic (exact) mass is 225 g/mol. The highest BCUT2D eigenvalue weighted by molar-refractivity contribution is 5.68.